The van der Waals surface area contributed by atoms with E-state index < -0.39 is 18.0 Å². The van der Waals surface area contributed by atoms with E-state index in [0.29, 0.717) is 23.7 Å². The lowest BCUT2D eigenvalue weighted by Crippen LogP contribution is -2.44. The summed E-state index contributed by atoms with van der Waals surface area (Å²) in [6, 6.07) is 5.65. The molecule has 1 aliphatic rings. The number of hydrogen-bond donors (Lipinski definition) is 2. The highest BCUT2D eigenvalue weighted by Crippen LogP contribution is 2.26. The van der Waals surface area contributed by atoms with E-state index in [4.69, 9.17) is 11.6 Å². The summed E-state index contributed by atoms with van der Waals surface area (Å²) in [5.74, 6) is -1.02. The first-order chi connectivity index (χ1) is 9.00. The summed E-state index contributed by atoms with van der Waals surface area (Å²) in [6.45, 7) is 2.27. The lowest BCUT2D eigenvalue weighted by atomic mass is 10.0. The molecule has 6 heteroatoms. The van der Waals surface area contributed by atoms with Crippen molar-refractivity contribution in [1.82, 2.24) is 4.90 Å². The summed E-state index contributed by atoms with van der Waals surface area (Å²) in [4.78, 5) is 24.7. The molecule has 19 heavy (non-hydrogen) atoms. The molecule has 2 rings (SSSR count). The van der Waals surface area contributed by atoms with Crippen molar-refractivity contribution >= 4 is 29.3 Å². The third-order valence-electron chi connectivity index (χ3n) is 3.33. The molecule has 0 aliphatic carbocycles. The van der Waals surface area contributed by atoms with E-state index in [1.165, 1.54) is 4.90 Å². The number of nitrogens with zero attached hydrogens (tertiary/aromatic N) is 1. The molecular formula is C13H15ClN2O3. The highest BCUT2D eigenvalue weighted by Gasteiger charge is 2.39. The minimum Gasteiger partial charge on any atom is -0.480 e. The molecule has 0 saturated carbocycles. The van der Waals surface area contributed by atoms with Crippen LogP contribution in [-0.2, 0) is 4.79 Å². The number of carboxylic acid groups (broad SMARTS) is 1. The van der Waals surface area contributed by atoms with Gasteiger partial charge in [0, 0.05) is 6.54 Å². The summed E-state index contributed by atoms with van der Waals surface area (Å²) in [5.41, 5.74) is 0.484. The third-order valence-corrected chi connectivity index (χ3v) is 3.66. The Morgan fingerprint density at radius 3 is 2.74 bits per heavy atom. The summed E-state index contributed by atoms with van der Waals surface area (Å²) in [6.07, 6.45) is 0.687. The molecule has 1 aromatic rings. The number of rotatable bonds is 2. The number of carbonyl (C=O) groups excluding carboxylic acids is 1. The fourth-order valence-electron chi connectivity index (χ4n) is 2.30. The standard InChI is InChI=1S/C13H15ClN2O3/c1-8-6-7-16(11(8)12(17)18)13(19)15-10-5-3-2-4-9(10)14/h2-5,8,11H,6-7H2,1H3,(H,15,19)(H,17,18). The first-order valence-corrected chi connectivity index (χ1v) is 6.43. The van der Waals surface area contributed by atoms with E-state index >= 15 is 0 Å². The zero-order valence-corrected chi connectivity index (χ0v) is 11.2. The molecule has 1 saturated heterocycles. The second-order valence-corrected chi connectivity index (χ2v) is 5.06. The highest BCUT2D eigenvalue weighted by molar-refractivity contribution is 6.33. The van der Waals surface area contributed by atoms with Crippen LogP contribution in [0.1, 0.15) is 13.3 Å². The summed E-state index contributed by atoms with van der Waals surface area (Å²) >= 11 is 5.95. The van der Waals surface area contributed by atoms with Gasteiger partial charge in [0.2, 0.25) is 0 Å². The first-order valence-electron chi connectivity index (χ1n) is 6.05. The molecule has 2 N–H and O–H groups in total. The summed E-state index contributed by atoms with van der Waals surface area (Å²) < 4.78 is 0. The molecule has 0 aromatic heterocycles. The molecule has 102 valence electrons. The Bertz CT molecular complexity index is 506. The smallest absolute Gasteiger partial charge is 0.326 e. The van der Waals surface area contributed by atoms with Crippen LogP contribution in [-0.4, -0.2) is 34.6 Å². The van der Waals surface area contributed by atoms with Gasteiger partial charge in [-0.3, -0.25) is 0 Å². The number of benzene rings is 1. The maximum absolute atomic E-state index is 12.1. The largest absolute Gasteiger partial charge is 0.480 e. The van der Waals surface area contributed by atoms with Gasteiger partial charge in [0.15, 0.2) is 0 Å². The second kappa shape index (κ2) is 5.48. The van der Waals surface area contributed by atoms with Gasteiger partial charge >= 0.3 is 12.0 Å². The van der Waals surface area contributed by atoms with Crippen LogP contribution in [0.15, 0.2) is 24.3 Å². The predicted molar refractivity (Wildman–Crippen MR) is 72.4 cm³/mol. The number of amides is 2. The van der Waals surface area contributed by atoms with E-state index in [2.05, 4.69) is 5.32 Å². The Morgan fingerprint density at radius 2 is 2.11 bits per heavy atom. The van der Waals surface area contributed by atoms with Crippen molar-refractivity contribution in [2.24, 2.45) is 5.92 Å². The number of halogens is 1. The van der Waals surface area contributed by atoms with E-state index in [1.807, 2.05) is 6.92 Å². The van der Waals surface area contributed by atoms with Gasteiger partial charge in [0.1, 0.15) is 6.04 Å². The fourth-order valence-corrected chi connectivity index (χ4v) is 2.48. The number of likely N-dealkylation sites (tertiary alicyclic amines) is 1. The van der Waals surface area contributed by atoms with Crippen molar-refractivity contribution in [3.05, 3.63) is 29.3 Å². The molecular weight excluding hydrogens is 268 g/mol. The van der Waals surface area contributed by atoms with Gasteiger partial charge in [0.25, 0.3) is 0 Å². The van der Waals surface area contributed by atoms with E-state index in [-0.39, 0.29) is 5.92 Å². The average Bonchev–Trinajstić information content (AvgIpc) is 2.74. The Morgan fingerprint density at radius 1 is 1.42 bits per heavy atom. The van der Waals surface area contributed by atoms with E-state index in [0.717, 1.165) is 0 Å². The number of para-hydroxylation sites is 1. The van der Waals surface area contributed by atoms with E-state index in [9.17, 15) is 14.7 Å². The van der Waals surface area contributed by atoms with E-state index in [1.54, 1.807) is 24.3 Å². The average molecular weight is 283 g/mol. The molecule has 5 nitrogen and oxygen atoms in total. The Balaban J connectivity index is 2.12. The number of nitrogens with one attached hydrogen (secondary N) is 1. The lowest BCUT2D eigenvalue weighted by molar-refractivity contribution is -0.142. The second-order valence-electron chi connectivity index (χ2n) is 4.65. The normalized spacial score (nSPS) is 22.3. The topological polar surface area (TPSA) is 69.6 Å². The number of carboxylic acids is 1. The molecule has 2 amide bonds. The molecule has 1 aromatic carbocycles. The van der Waals surface area contributed by atoms with Crippen LogP contribution in [0.2, 0.25) is 5.02 Å². The van der Waals surface area contributed by atoms with Crippen molar-refractivity contribution < 1.29 is 14.7 Å². The fraction of sp³-hybridized carbons (Fsp3) is 0.385. The maximum atomic E-state index is 12.1. The van der Waals surface area contributed by atoms with Crippen LogP contribution in [0.25, 0.3) is 0 Å². The quantitative estimate of drug-likeness (QED) is 0.876. The number of hydrogen-bond acceptors (Lipinski definition) is 2. The molecule has 2 atom stereocenters. The van der Waals surface area contributed by atoms with Crippen molar-refractivity contribution in [2.75, 3.05) is 11.9 Å². The monoisotopic (exact) mass is 282 g/mol. The molecule has 2 unspecified atom stereocenters. The summed E-state index contributed by atoms with van der Waals surface area (Å²) in [7, 11) is 0. The lowest BCUT2D eigenvalue weighted by Gasteiger charge is -2.23. The zero-order chi connectivity index (χ0) is 14.0. The minimum absolute atomic E-state index is 0.0468. The molecule has 1 fully saturated rings. The number of aliphatic carboxylic acids is 1. The van der Waals surface area contributed by atoms with Gasteiger partial charge in [-0.05, 0) is 24.5 Å². The van der Waals surface area contributed by atoms with Crippen LogP contribution >= 0.6 is 11.6 Å². The van der Waals surface area contributed by atoms with Crippen molar-refractivity contribution in [3.63, 3.8) is 0 Å². The minimum atomic E-state index is -0.973. The van der Waals surface area contributed by atoms with Crippen molar-refractivity contribution in [3.8, 4) is 0 Å². The van der Waals surface area contributed by atoms with Gasteiger partial charge < -0.3 is 15.3 Å². The number of anilines is 1. The van der Waals surface area contributed by atoms with Crippen molar-refractivity contribution in [2.45, 2.75) is 19.4 Å². The zero-order valence-electron chi connectivity index (χ0n) is 10.5. The molecule has 0 radical (unpaired) electrons. The number of carbonyl (C=O) groups is 2. The van der Waals surface area contributed by atoms with Gasteiger partial charge in [-0.1, -0.05) is 30.7 Å². The molecule has 1 aliphatic heterocycles. The van der Waals surface area contributed by atoms with Crippen LogP contribution in [0.3, 0.4) is 0 Å². The van der Waals surface area contributed by atoms with Crippen LogP contribution < -0.4 is 5.32 Å². The Kier molecular flexibility index (Phi) is 3.95. The highest BCUT2D eigenvalue weighted by atomic mass is 35.5. The molecule has 0 bridgehead atoms. The van der Waals surface area contributed by atoms with Gasteiger partial charge in [-0.2, -0.15) is 0 Å². The summed E-state index contributed by atoms with van der Waals surface area (Å²) in [5, 5.41) is 12.3. The Hall–Kier alpha value is -1.75. The maximum Gasteiger partial charge on any atom is 0.326 e. The van der Waals surface area contributed by atoms with Gasteiger partial charge in [-0.15, -0.1) is 0 Å². The van der Waals surface area contributed by atoms with Gasteiger partial charge in [0.05, 0.1) is 10.7 Å². The SMILES string of the molecule is CC1CCN(C(=O)Nc2ccccc2Cl)C1C(=O)O. The van der Waals surface area contributed by atoms with Crippen LogP contribution in [0, 0.1) is 5.92 Å². The Labute approximate surface area is 116 Å². The predicted octanol–water partition coefficient (Wildman–Crippen LogP) is 2.67. The first kappa shape index (κ1) is 13.7. The van der Waals surface area contributed by atoms with Crippen LogP contribution in [0.5, 0.6) is 0 Å². The van der Waals surface area contributed by atoms with Crippen molar-refractivity contribution in [1.29, 1.82) is 0 Å². The number of urea groups is 1. The third kappa shape index (κ3) is 2.81. The van der Waals surface area contributed by atoms with Crippen LogP contribution in [0.4, 0.5) is 10.5 Å². The molecule has 0 spiro atoms. The van der Waals surface area contributed by atoms with Gasteiger partial charge in [-0.25, -0.2) is 9.59 Å². The molecule has 1 heterocycles.